The summed E-state index contributed by atoms with van der Waals surface area (Å²) >= 11 is 0. The van der Waals surface area contributed by atoms with Gasteiger partial charge in [-0.05, 0) is 38.8 Å². The highest BCUT2D eigenvalue weighted by atomic mass is 16.5. The molecule has 0 amide bonds. The van der Waals surface area contributed by atoms with Crippen LogP contribution in [0.25, 0.3) is 0 Å². The minimum Gasteiger partial charge on any atom is -0.507 e. The third-order valence-electron chi connectivity index (χ3n) is 1.82. The lowest BCUT2D eigenvalue weighted by Crippen LogP contribution is -2.05. The van der Waals surface area contributed by atoms with Crippen LogP contribution in [-0.4, -0.2) is 17.0 Å². The number of benzene rings is 1. The highest BCUT2D eigenvalue weighted by Gasteiger charge is 2.10. The minimum absolute atomic E-state index is 0.0244. The van der Waals surface area contributed by atoms with Crippen molar-refractivity contribution in [2.24, 2.45) is 0 Å². The van der Waals surface area contributed by atoms with Gasteiger partial charge in [0, 0.05) is 6.07 Å². The molecule has 0 aliphatic heterocycles. The molecule has 16 heavy (non-hydrogen) atoms. The molecule has 0 radical (unpaired) electrons. The summed E-state index contributed by atoms with van der Waals surface area (Å²) in [5, 5.41) is 9.63. The quantitative estimate of drug-likeness (QED) is 0.481. The number of ketones is 1. The van der Waals surface area contributed by atoms with Gasteiger partial charge in [0.15, 0.2) is 0 Å². The third-order valence-corrected chi connectivity index (χ3v) is 1.82. The first-order valence-electron chi connectivity index (χ1n) is 5.01. The van der Waals surface area contributed by atoms with E-state index >= 15 is 0 Å². The van der Waals surface area contributed by atoms with E-state index in [2.05, 4.69) is 11.8 Å². The smallest absolute Gasteiger partial charge is 0.239 e. The van der Waals surface area contributed by atoms with Crippen molar-refractivity contribution >= 4 is 5.78 Å². The van der Waals surface area contributed by atoms with E-state index in [4.69, 9.17) is 4.74 Å². The number of hydrogen-bond acceptors (Lipinski definition) is 3. The maximum absolute atomic E-state index is 11.4. The van der Waals surface area contributed by atoms with Gasteiger partial charge < -0.3 is 9.84 Å². The zero-order valence-corrected chi connectivity index (χ0v) is 9.57. The number of aromatic hydroxyl groups is 1. The van der Waals surface area contributed by atoms with E-state index in [0.29, 0.717) is 5.75 Å². The first kappa shape index (κ1) is 12.1. The Hall–Kier alpha value is -1.95. The second-order valence-electron chi connectivity index (χ2n) is 3.55. The molecule has 0 bridgehead atoms. The standard InChI is InChI=1S/C13H14O3/c1-4-5-12(14)11-7-6-10(8-13(11)15)16-9(2)3/h6-9,15H,1-3H3. The van der Waals surface area contributed by atoms with E-state index in [1.807, 2.05) is 13.8 Å². The fourth-order valence-corrected chi connectivity index (χ4v) is 1.23. The molecule has 0 unspecified atom stereocenters. The molecule has 0 spiro atoms. The van der Waals surface area contributed by atoms with E-state index in [-0.39, 0.29) is 17.4 Å². The fraction of sp³-hybridized carbons (Fsp3) is 0.308. The van der Waals surface area contributed by atoms with E-state index in [9.17, 15) is 9.90 Å². The summed E-state index contributed by atoms with van der Waals surface area (Å²) in [6.07, 6.45) is 0.0244. The Morgan fingerprint density at radius 1 is 1.44 bits per heavy atom. The molecule has 0 aromatic heterocycles. The van der Waals surface area contributed by atoms with Crippen LogP contribution in [0.3, 0.4) is 0 Å². The number of phenolic OH excluding ortho intramolecular Hbond substituents is 1. The van der Waals surface area contributed by atoms with Crippen molar-refractivity contribution in [3.8, 4) is 23.3 Å². The van der Waals surface area contributed by atoms with Gasteiger partial charge in [0.05, 0.1) is 11.7 Å². The molecule has 0 atom stereocenters. The lowest BCUT2D eigenvalue weighted by molar-refractivity contribution is 0.105. The summed E-state index contributed by atoms with van der Waals surface area (Å²) in [4.78, 5) is 11.4. The van der Waals surface area contributed by atoms with Crippen LogP contribution in [0.15, 0.2) is 18.2 Å². The molecule has 0 heterocycles. The van der Waals surface area contributed by atoms with E-state index in [1.54, 1.807) is 13.0 Å². The summed E-state index contributed by atoms with van der Waals surface area (Å²) in [5.74, 6) is 4.91. The van der Waals surface area contributed by atoms with Gasteiger partial charge in [-0.3, -0.25) is 4.79 Å². The Balaban J connectivity index is 2.98. The summed E-state index contributed by atoms with van der Waals surface area (Å²) in [7, 11) is 0. The van der Waals surface area contributed by atoms with Crippen molar-refractivity contribution in [2.75, 3.05) is 0 Å². The molecule has 1 aromatic rings. The Kier molecular flexibility index (Phi) is 3.96. The number of phenols is 1. The van der Waals surface area contributed by atoms with E-state index < -0.39 is 5.78 Å². The highest BCUT2D eigenvalue weighted by molar-refractivity contribution is 6.10. The predicted molar refractivity (Wildman–Crippen MR) is 61.7 cm³/mol. The van der Waals surface area contributed by atoms with Crippen molar-refractivity contribution in [3.05, 3.63) is 23.8 Å². The molecule has 84 valence electrons. The van der Waals surface area contributed by atoms with Gasteiger partial charge in [-0.1, -0.05) is 5.92 Å². The van der Waals surface area contributed by atoms with Crippen LogP contribution in [0.1, 0.15) is 31.1 Å². The zero-order valence-electron chi connectivity index (χ0n) is 9.57. The van der Waals surface area contributed by atoms with Crippen LogP contribution in [0.4, 0.5) is 0 Å². The molecule has 0 saturated heterocycles. The predicted octanol–water partition coefficient (Wildman–Crippen LogP) is 2.39. The molecule has 1 aromatic carbocycles. The average molecular weight is 218 g/mol. The summed E-state index contributed by atoms with van der Waals surface area (Å²) in [6.45, 7) is 5.35. The van der Waals surface area contributed by atoms with E-state index in [1.165, 1.54) is 12.1 Å². The number of rotatable bonds is 3. The SMILES string of the molecule is CC#CC(=O)c1ccc(OC(C)C)cc1O. The molecule has 1 rings (SSSR count). The van der Waals surface area contributed by atoms with Gasteiger partial charge in [0.1, 0.15) is 11.5 Å². The second kappa shape index (κ2) is 5.22. The molecular formula is C13H14O3. The normalized spacial score (nSPS) is 9.50. The number of ether oxygens (including phenoxy) is 1. The fourth-order valence-electron chi connectivity index (χ4n) is 1.23. The van der Waals surface area contributed by atoms with E-state index in [0.717, 1.165) is 0 Å². The number of Topliss-reactive ketones (excluding diaryl/α,β-unsaturated/α-hetero) is 1. The molecule has 0 aliphatic rings. The van der Waals surface area contributed by atoms with Gasteiger partial charge in [0.2, 0.25) is 5.78 Å². The van der Waals surface area contributed by atoms with Gasteiger partial charge in [-0.25, -0.2) is 0 Å². The van der Waals surface area contributed by atoms with Crippen molar-refractivity contribution in [2.45, 2.75) is 26.9 Å². The van der Waals surface area contributed by atoms with Crippen molar-refractivity contribution < 1.29 is 14.6 Å². The molecular weight excluding hydrogens is 204 g/mol. The van der Waals surface area contributed by atoms with Crippen LogP contribution in [0.5, 0.6) is 11.5 Å². The Morgan fingerprint density at radius 2 is 2.12 bits per heavy atom. The average Bonchev–Trinajstić information content (AvgIpc) is 2.16. The Morgan fingerprint density at radius 3 is 2.62 bits per heavy atom. The van der Waals surface area contributed by atoms with Crippen LogP contribution in [0.2, 0.25) is 0 Å². The summed E-state index contributed by atoms with van der Waals surface area (Å²) < 4.78 is 5.38. The van der Waals surface area contributed by atoms with Crippen LogP contribution in [-0.2, 0) is 0 Å². The number of hydrogen-bond donors (Lipinski definition) is 1. The van der Waals surface area contributed by atoms with Crippen LogP contribution >= 0.6 is 0 Å². The lowest BCUT2D eigenvalue weighted by Gasteiger charge is -2.10. The maximum Gasteiger partial charge on any atom is 0.239 e. The van der Waals surface area contributed by atoms with Crippen LogP contribution in [0, 0.1) is 11.8 Å². The van der Waals surface area contributed by atoms with Crippen LogP contribution < -0.4 is 4.74 Å². The second-order valence-corrected chi connectivity index (χ2v) is 3.55. The molecule has 3 nitrogen and oxygen atoms in total. The maximum atomic E-state index is 11.4. The van der Waals surface area contributed by atoms with Crippen molar-refractivity contribution in [1.29, 1.82) is 0 Å². The summed E-state index contributed by atoms with van der Waals surface area (Å²) in [5.41, 5.74) is 0.199. The van der Waals surface area contributed by atoms with Crippen molar-refractivity contribution in [1.82, 2.24) is 0 Å². The topological polar surface area (TPSA) is 46.5 Å². The number of carbonyl (C=O) groups excluding carboxylic acids is 1. The molecule has 1 N–H and O–H groups in total. The largest absolute Gasteiger partial charge is 0.507 e. The molecule has 0 aliphatic carbocycles. The Bertz CT molecular complexity index is 450. The first-order chi connectivity index (χ1) is 7.54. The first-order valence-corrected chi connectivity index (χ1v) is 5.01. The van der Waals surface area contributed by atoms with Gasteiger partial charge in [-0.2, -0.15) is 0 Å². The zero-order chi connectivity index (χ0) is 12.1. The highest BCUT2D eigenvalue weighted by Crippen LogP contribution is 2.24. The number of carbonyl (C=O) groups is 1. The lowest BCUT2D eigenvalue weighted by atomic mass is 10.1. The molecule has 0 saturated carbocycles. The van der Waals surface area contributed by atoms with Gasteiger partial charge in [0.25, 0.3) is 0 Å². The molecule has 3 heteroatoms. The molecule has 0 fully saturated rings. The summed E-state index contributed by atoms with van der Waals surface area (Å²) in [6, 6.07) is 4.58. The monoisotopic (exact) mass is 218 g/mol. The third kappa shape index (κ3) is 3.03. The minimum atomic E-state index is -0.393. The Labute approximate surface area is 95.1 Å². The van der Waals surface area contributed by atoms with Gasteiger partial charge >= 0.3 is 0 Å². The van der Waals surface area contributed by atoms with Gasteiger partial charge in [-0.15, -0.1) is 0 Å². The van der Waals surface area contributed by atoms with Crippen molar-refractivity contribution in [3.63, 3.8) is 0 Å².